The van der Waals surface area contributed by atoms with Gasteiger partial charge in [-0.15, -0.1) is 0 Å². The van der Waals surface area contributed by atoms with Gasteiger partial charge in [0.15, 0.2) is 0 Å². The zero-order valence-corrected chi connectivity index (χ0v) is 13.2. The minimum atomic E-state index is -3.49. The number of sulfonamides is 1. The van der Waals surface area contributed by atoms with Gasteiger partial charge in [-0.1, -0.05) is 42.5 Å². The third-order valence-corrected chi connectivity index (χ3v) is 4.54. The molecule has 1 aliphatic rings. The van der Waals surface area contributed by atoms with E-state index >= 15 is 0 Å². The lowest BCUT2D eigenvalue weighted by Gasteiger charge is -2.22. The minimum absolute atomic E-state index is 0.491. The van der Waals surface area contributed by atoms with Gasteiger partial charge >= 0.3 is 0 Å². The quantitative estimate of drug-likeness (QED) is 0.869. The van der Waals surface area contributed by atoms with Gasteiger partial charge in [0.2, 0.25) is 16.3 Å². The normalized spacial score (nSPS) is 17.3. The summed E-state index contributed by atoms with van der Waals surface area (Å²) in [6.07, 6.45) is 1.86. The molecule has 0 unspecified atom stereocenters. The van der Waals surface area contributed by atoms with Crippen LogP contribution in [0.3, 0.4) is 0 Å². The van der Waals surface area contributed by atoms with Crippen LogP contribution in [0, 0.1) is 11.3 Å². The number of rotatable bonds is 3. The van der Waals surface area contributed by atoms with E-state index in [1.165, 1.54) is 10.5 Å². The van der Waals surface area contributed by atoms with E-state index in [2.05, 4.69) is 0 Å². The lowest BCUT2D eigenvalue weighted by molar-refractivity contribution is 0.119. The molecule has 0 radical (unpaired) electrons. The lowest BCUT2D eigenvalue weighted by atomic mass is 10.1. The maximum absolute atomic E-state index is 12.1. The molecule has 1 heterocycles. The molecule has 0 saturated heterocycles. The predicted octanol–water partition coefficient (Wildman–Crippen LogP) is 2.85. The van der Waals surface area contributed by atoms with E-state index < -0.39 is 16.3 Å². The molecule has 3 rings (SSSR count). The zero-order valence-electron chi connectivity index (χ0n) is 12.4. The van der Waals surface area contributed by atoms with Crippen LogP contribution in [-0.4, -0.2) is 19.0 Å². The predicted molar refractivity (Wildman–Crippen MR) is 86.1 cm³/mol. The van der Waals surface area contributed by atoms with E-state index in [1.54, 1.807) is 24.3 Å². The second-order valence-corrected chi connectivity index (χ2v) is 7.04. The Balaban J connectivity index is 1.99. The van der Waals surface area contributed by atoms with Gasteiger partial charge in [-0.2, -0.15) is 5.26 Å². The molecule has 1 aliphatic heterocycles. The molecule has 2 aromatic carbocycles. The second kappa shape index (κ2) is 5.78. The van der Waals surface area contributed by atoms with Crippen LogP contribution in [0.4, 0.5) is 0 Å². The van der Waals surface area contributed by atoms with Crippen molar-refractivity contribution in [3.05, 3.63) is 77.5 Å². The highest BCUT2D eigenvalue weighted by Crippen LogP contribution is 2.37. The maximum Gasteiger partial charge on any atom is 0.235 e. The fraction of sp³-hybridized carbons (Fsp3) is 0.118. The van der Waals surface area contributed by atoms with E-state index in [4.69, 9.17) is 10.00 Å². The Morgan fingerprint density at radius 3 is 2.30 bits per heavy atom. The van der Waals surface area contributed by atoms with Crippen LogP contribution in [0.5, 0.6) is 0 Å². The monoisotopic (exact) mass is 326 g/mol. The van der Waals surface area contributed by atoms with Crippen LogP contribution in [0.15, 0.2) is 60.8 Å². The highest BCUT2D eigenvalue weighted by atomic mass is 32.2. The molecule has 2 aromatic rings. The molecule has 0 saturated carbocycles. The maximum atomic E-state index is 12.1. The van der Waals surface area contributed by atoms with Crippen molar-refractivity contribution in [3.8, 4) is 6.07 Å². The van der Waals surface area contributed by atoms with Gasteiger partial charge in [0.25, 0.3) is 0 Å². The number of benzene rings is 2. The van der Waals surface area contributed by atoms with Crippen molar-refractivity contribution >= 4 is 15.8 Å². The molecule has 0 bridgehead atoms. The molecule has 0 N–H and O–H groups in total. The summed E-state index contributed by atoms with van der Waals surface area (Å²) in [7, 11) is -3.49. The van der Waals surface area contributed by atoms with Gasteiger partial charge in [0.05, 0.1) is 24.1 Å². The summed E-state index contributed by atoms with van der Waals surface area (Å²) in [5.41, 5.74) is 1.97. The largest absolute Gasteiger partial charge is 0.463 e. The van der Waals surface area contributed by atoms with Crippen LogP contribution < -0.4 is 0 Å². The van der Waals surface area contributed by atoms with Crippen LogP contribution >= 0.6 is 0 Å². The molecule has 116 valence electrons. The third-order valence-electron chi connectivity index (χ3n) is 3.48. The SMILES string of the molecule is CS(=O)(=O)N1C=C(c2ccccc2)O[C@@H]1c1ccc(C#N)cc1. The molecule has 5 nitrogen and oxygen atoms in total. The van der Waals surface area contributed by atoms with Gasteiger partial charge in [-0.05, 0) is 12.1 Å². The topological polar surface area (TPSA) is 70.4 Å². The molecule has 23 heavy (non-hydrogen) atoms. The van der Waals surface area contributed by atoms with Gasteiger partial charge in [0, 0.05) is 11.1 Å². The number of nitriles is 1. The zero-order chi connectivity index (χ0) is 16.4. The van der Waals surface area contributed by atoms with E-state index in [0.717, 1.165) is 11.8 Å². The average molecular weight is 326 g/mol. The molecule has 0 amide bonds. The van der Waals surface area contributed by atoms with Crippen LogP contribution in [0.2, 0.25) is 0 Å². The summed E-state index contributed by atoms with van der Waals surface area (Å²) in [6, 6.07) is 18.0. The Hall–Kier alpha value is -2.78. The van der Waals surface area contributed by atoms with Gasteiger partial charge in [0.1, 0.15) is 5.76 Å². The highest BCUT2D eigenvalue weighted by Gasteiger charge is 2.34. The average Bonchev–Trinajstić information content (AvgIpc) is 3.01. The fourth-order valence-corrected chi connectivity index (χ4v) is 3.14. The van der Waals surface area contributed by atoms with Crippen molar-refractivity contribution in [2.75, 3.05) is 6.26 Å². The number of ether oxygens (including phenoxy) is 1. The van der Waals surface area contributed by atoms with Crippen molar-refractivity contribution in [2.45, 2.75) is 6.23 Å². The summed E-state index contributed by atoms with van der Waals surface area (Å²) in [6.45, 7) is 0. The van der Waals surface area contributed by atoms with Gasteiger partial charge in [-0.3, -0.25) is 0 Å². The summed E-state index contributed by atoms with van der Waals surface area (Å²) in [5, 5.41) is 8.87. The fourth-order valence-electron chi connectivity index (χ4n) is 2.34. The summed E-state index contributed by atoms with van der Waals surface area (Å²) < 4.78 is 31.2. The number of hydrogen-bond donors (Lipinski definition) is 0. The Bertz CT molecular complexity index is 882. The van der Waals surface area contributed by atoms with Gasteiger partial charge in [-0.25, -0.2) is 12.7 Å². The van der Waals surface area contributed by atoms with Crippen LogP contribution in [0.1, 0.15) is 22.9 Å². The Morgan fingerprint density at radius 2 is 1.74 bits per heavy atom. The molecule has 0 aliphatic carbocycles. The summed E-state index contributed by atoms with van der Waals surface area (Å²) >= 11 is 0. The smallest absolute Gasteiger partial charge is 0.235 e. The number of hydrogen-bond acceptors (Lipinski definition) is 4. The van der Waals surface area contributed by atoms with Crippen molar-refractivity contribution in [1.29, 1.82) is 5.26 Å². The Kier molecular flexibility index (Phi) is 3.80. The van der Waals surface area contributed by atoms with E-state index in [1.807, 2.05) is 36.4 Å². The molecular weight excluding hydrogens is 312 g/mol. The van der Waals surface area contributed by atoms with E-state index in [9.17, 15) is 8.42 Å². The first-order chi connectivity index (χ1) is 11.0. The van der Waals surface area contributed by atoms with Crippen molar-refractivity contribution in [2.24, 2.45) is 0 Å². The third kappa shape index (κ3) is 3.05. The molecular formula is C17H14N2O3S. The molecule has 6 heteroatoms. The van der Waals surface area contributed by atoms with E-state index in [-0.39, 0.29) is 0 Å². The first-order valence-electron chi connectivity index (χ1n) is 6.91. The first-order valence-corrected chi connectivity index (χ1v) is 8.76. The van der Waals surface area contributed by atoms with Crippen molar-refractivity contribution in [1.82, 2.24) is 4.31 Å². The molecule has 0 aromatic heterocycles. The molecule has 0 spiro atoms. The van der Waals surface area contributed by atoms with Crippen LogP contribution in [-0.2, 0) is 14.8 Å². The standard InChI is InChI=1S/C17H14N2O3S/c1-23(20,21)19-12-16(14-5-3-2-4-6-14)22-17(19)15-9-7-13(11-18)8-10-15/h2-10,12,17H,1H3/t17-/m1/s1. The molecule has 1 atom stereocenters. The summed E-state index contributed by atoms with van der Waals surface area (Å²) in [4.78, 5) is 0. The first kappa shape index (κ1) is 15.1. The Morgan fingerprint density at radius 1 is 1.09 bits per heavy atom. The van der Waals surface area contributed by atoms with E-state index in [0.29, 0.717) is 16.9 Å². The second-order valence-electron chi connectivity index (χ2n) is 5.16. The lowest BCUT2D eigenvalue weighted by Crippen LogP contribution is -2.26. The number of nitrogens with zero attached hydrogens (tertiary/aromatic N) is 2. The summed E-state index contributed by atoms with van der Waals surface area (Å²) in [5.74, 6) is 0.491. The van der Waals surface area contributed by atoms with Gasteiger partial charge < -0.3 is 4.74 Å². The molecule has 0 fully saturated rings. The minimum Gasteiger partial charge on any atom is -0.463 e. The van der Waals surface area contributed by atoms with Crippen molar-refractivity contribution < 1.29 is 13.2 Å². The van der Waals surface area contributed by atoms with Crippen molar-refractivity contribution in [3.63, 3.8) is 0 Å². The van der Waals surface area contributed by atoms with Crippen LogP contribution in [0.25, 0.3) is 5.76 Å². The Labute approximate surface area is 135 Å². The highest BCUT2D eigenvalue weighted by molar-refractivity contribution is 7.88.